The molecule has 1 amide bonds. The van der Waals surface area contributed by atoms with Crippen LogP contribution in [0.2, 0.25) is 0 Å². The van der Waals surface area contributed by atoms with Crippen LogP contribution in [0.4, 0.5) is 5.69 Å². The van der Waals surface area contributed by atoms with E-state index in [1.54, 1.807) is 26.4 Å². The standard InChI is InChI=1S/C20H24N2O4/c1-14(2)16-7-5-6-8-17(16)22-20(23)13-26-21-12-15-9-10-18(24-3)19(11-15)25-4/h5-12,14H,13H2,1-4H3,(H,22,23)/b21-12-. The Morgan fingerprint density at radius 1 is 1.12 bits per heavy atom. The lowest BCUT2D eigenvalue weighted by Crippen LogP contribution is -2.18. The maximum absolute atomic E-state index is 12.0. The summed E-state index contributed by atoms with van der Waals surface area (Å²) in [5.41, 5.74) is 2.64. The fraction of sp³-hybridized carbons (Fsp3) is 0.300. The molecule has 6 heteroatoms. The number of methoxy groups -OCH3 is 2. The second-order valence-corrected chi connectivity index (χ2v) is 5.91. The summed E-state index contributed by atoms with van der Waals surface area (Å²) in [5.74, 6) is 1.28. The minimum absolute atomic E-state index is 0.170. The Kier molecular flexibility index (Phi) is 7.02. The Balaban J connectivity index is 1.90. The van der Waals surface area contributed by atoms with Gasteiger partial charge in [0, 0.05) is 11.3 Å². The molecule has 0 saturated heterocycles. The zero-order chi connectivity index (χ0) is 18.9. The number of nitrogens with one attached hydrogen (secondary N) is 1. The lowest BCUT2D eigenvalue weighted by molar-refractivity contribution is -0.120. The molecule has 2 aromatic carbocycles. The summed E-state index contributed by atoms with van der Waals surface area (Å²) < 4.78 is 10.4. The highest BCUT2D eigenvalue weighted by molar-refractivity contribution is 5.92. The van der Waals surface area contributed by atoms with Crippen molar-refractivity contribution in [3.8, 4) is 11.5 Å². The molecule has 0 spiro atoms. The highest BCUT2D eigenvalue weighted by atomic mass is 16.6. The molecule has 0 aliphatic carbocycles. The molecule has 26 heavy (non-hydrogen) atoms. The van der Waals surface area contributed by atoms with Crippen molar-refractivity contribution in [2.45, 2.75) is 19.8 Å². The first-order valence-corrected chi connectivity index (χ1v) is 8.31. The number of nitrogens with zero attached hydrogens (tertiary/aromatic N) is 1. The van der Waals surface area contributed by atoms with E-state index in [0.29, 0.717) is 17.4 Å². The minimum Gasteiger partial charge on any atom is -0.493 e. The van der Waals surface area contributed by atoms with Crippen molar-refractivity contribution >= 4 is 17.8 Å². The van der Waals surface area contributed by atoms with Crippen LogP contribution in [0, 0.1) is 0 Å². The van der Waals surface area contributed by atoms with E-state index in [1.165, 1.54) is 6.21 Å². The quantitative estimate of drug-likeness (QED) is 0.577. The lowest BCUT2D eigenvalue weighted by Gasteiger charge is -2.13. The van der Waals surface area contributed by atoms with Gasteiger partial charge in [-0.15, -0.1) is 0 Å². The number of rotatable bonds is 8. The maximum Gasteiger partial charge on any atom is 0.265 e. The third-order valence-corrected chi connectivity index (χ3v) is 3.74. The number of carbonyl (C=O) groups excluding carboxylic acids is 1. The monoisotopic (exact) mass is 356 g/mol. The molecule has 0 aliphatic rings. The highest BCUT2D eigenvalue weighted by Crippen LogP contribution is 2.27. The lowest BCUT2D eigenvalue weighted by atomic mass is 10.0. The zero-order valence-corrected chi connectivity index (χ0v) is 15.5. The van der Waals surface area contributed by atoms with Gasteiger partial charge in [-0.3, -0.25) is 4.79 Å². The van der Waals surface area contributed by atoms with Crippen LogP contribution >= 0.6 is 0 Å². The van der Waals surface area contributed by atoms with Gasteiger partial charge in [-0.25, -0.2) is 0 Å². The number of anilines is 1. The predicted molar refractivity (Wildman–Crippen MR) is 102 cm³/mol. The predicted octanol–water partition coefficient (Wildman–Crippen LogP) is 3.82. The van der Waals surface area contributed by atoms with E-state index in [0.717, 1.165) is 16.8 Å². The molecule has 2 rings (SSSR count). The molecule has 6 nitrogen and oxygen atoms in total. The van der Waals surface area contributed by atoms with E-state index < -0.39 is 0 Å². The number of carbonyl (C=O) groups is 1. The molecule has 0 unspecified atom stereocenters. The van der Waals surface area contributed by atoms with Crippen molar-refractivity contribution in [1.29, 1.82) is 0 Å². The molecular formula is C20H24N2O4. The van der Waals surface area contributed by atoms with Crippen molar-refractivity contribution in [3.63, 3.8) is 0 Å². The van der Waals surface area contributed by atoms with E-state index in [4.69, 9.17) is 14.3 Å². The molecule has 0 bridgehead atoms. The van der Waals surface area contributed by atoms with Crippen LogP contribution in [0.25, 0.3) is 0 Å². The molecule has 1 N–H and O–H groups in total. The van der Waals surface area contributed by atoms with E-state index >= 15 is 0 Å². The van der Waals surface area contributed by atoms with Crippen LogP contribution in [0.1, 0.15) is 30.9 Å². The van der Waals surface area contributed by atoms with Crippen LogP contribution in [0.5, 0.6) is 11.5 Å². The first-order chi connectivity index (χ1) is 12.5. The normalized spacial score (nSPS) is 10.8. The van der Waals surface area contributed by atoms with Crippen LogP contribution in [-0.4, -0.2) is 32.9 Å². The number of hydrogen-bond donors (Lipinski definition) is 1. The van der Waals surface area contributed by atoms with Gasteiger partial charge in [-0.2, -0.15) is 0 Å². The first kappa shape index (κ1) is 19.3. The summed E-state index contributed by atoms with van der Waals surface area (Å²) >= 11 is 0. The molecule has 0 heterocycles. The molecule has 0 atom stereocenters. The molecule has 138 valence electrons. The summed E-state index contributed by atoms with van der Waals surface area (Å²) in [6.45, 7) is 3.99. The van der Waals surface area contributed by atoms with Crippen molar-refractivity contribution in [2.24, 2.45) is 5.16 Å². The third-order valence-electron chi connectivity index (χ3n) is 3.74. The highest BCUT2D eigenvalue weighted by Gasteiger charge is 2.09. The molecule has 0 fully saturated rings. The average molecular weight is 356 g/mol. The Bertz CT molecular complexity index is 772. The van der Waals surface area contributed by atoms with Crippen molar-refractivity contribution in [2.75, 3.05) is 26.1 Å². The third kappa shape index (κ3) is 5.24. The molecular weight excluding hydrogens is 332 g/mol. The maximum atomic E-state index is 12.0. The molecule has 0 aliphatic heterocycles. The van der Waals surface area contributed by atoms with Crippen LogP contribution in [0.15, 0.2) is 47.6 Å². The zero-order valence-electron chi connectivity index (χ0n) is 15.5. The SMILES string of the molecule is COc1ccc(/C=N\OCC(=O)Nc2ccccc2C(C)C)cc1OC. The van der Waals surface area contributed by atoms with Crippen LogP contribution in [0.3, 0.4) is 0 Å². The fourth-order valence-electron chi connectivity index (χ4n) is 2.43. The average Bonchev–Trinajstić information content (AvgIpc) is 2.65. The Morgan fingerprint density at radius 3 is 2.54 bits per heavy atom. The summed E-state index contributed by atoms with van der Waals surface area (Å²) in [5, 5.41) is 6.68. The van der Waals surface area contributed by atoms with Gasteiger partial charge in [-0.1, -0.05) is 37.2 Å². The van der Waals surface area contributed by atoms with Crippen LogP contribution in [-0.2, 0) is 9.63 Å². The summed E-state index contributed by atoms with van der Waals surface area (Å²) in [6.07, 6.45) is 1.51. The van der Waals surface area contributed by atoms with Crippen molar-refractivity contribution < 1.29 is 19.1 Å². The number of oxime groups is 1. The van der Waals surface area contributed by atoms with E-state index in [9.17, 15) is 4.79 Å². The molecule has 0 radical (unpaired) electrons. The Labute approximate surface area is 153 Å². The van der Waals surface area contributed by atoms with E-state index in [-0.39, 0.29) is 12.5 Å². The second kappa shape index (κ2) is 9.46. The largest absolute Gasteiger partial charge is 0.493 e. The first-order valence-electron chi connectivity index (χ1n) is 8.31. The van der Waals surface area contributed by atoms with Crippen molar-refractivity contribution in [1.82, 2.24) is 0 Å². The van der Waals surface area contributed by atoms with E-state index in [2.05, 4.69) is 24.3 Å². The van der Waals surface area contributed by atoms with Gasteiger partial charge in [-0.05, 0) is 35.7 Å². The second-order valence-electron chi connectivity index (χ2n) is 5.91. The summed E-state index contributed by atoms with van der Waals surface area (Å²) in [4.78, 5) is 17.1. The minimum atomic E-state index is -0.262. The molecule has 0 aromatic heterocycles. The van der Waals surface area contributed by atoms with Gasteiger partial charge in [0.1, 0.15) is 0 Å². The Hall–Kier alpha value is -3.02. The van der Waals surface area contributed by atoms with E-state index in [1.807, 2.05) is 30.3 Å². The number of amides is 1. The fourth-order valence-corrected chi connectivity index (χ4v) is 2.43. The molecule has 2 aromatic rings. The number of ether oxygens (including phenoxy) is 2. The van der Waals surface area contributed by atoms with Crippen molar-refractivity contribution in [3.05, 3.63) is 53.6 Å². The Morgan fingerprint density at radius 2 is 1.85 bits per heavy atom. The smallest absolute Gasteiger partial charge is 0.265 e. The van der Waals surface area contributed by atoms with Gasteiger partial charge in [0.25, 0.3) is 5.91 Å². The molecule has 0 saturated carbocycles. The van der Waals surface area contributed by atoms with Gasteiger partial charge in [0.15, 0.2) is 18.1 Å². The number of hydrogen-bond acceptors (Lipinski definition) is 5. The number of para-hydroxylation sites is 1. The van der Waals surface area contributed by atoms with Gasteiger partial charge in [0.05, 0.1) is 20.4 Å². The summed E-state index contributed by atoms with van der Waals surface area (Å²) in [7, 11) is 3.14. The van der Waals surface area contributed by atoms with Crippen LogP contribution < -0.4 is 14.8 Å². The van der Waals surface area contributed by atoms with Gasteiger partial charge < -0.3 is 19.6 Å². The number of benzene rings is 2. The topological polar surface area (TPSA) is 69.2 Å². The summed E-state index contributed by atoms with van der Waals surface area (Å²) in [6, 6.07) is 13.1. The van der Waals surface area contributed by atoms with Gasteiger partial charge in [0.2, 0.25) is 0 Å². The van der Waals surface area contributed by atoms with Gasteiger partial charge >= 0.3 is 0 Å².